The van der Waals surface area contributed by atoms with Gasteiger partial charge in [-0.1, -0.05) is 0 Å². The molecule has 0 bridgehead atoms. The molecule has 1 heterocycles. The number of aromatic nitrogens is 1. The predicted octanol–water partition coefficient (Wildman–Crippen LogP) is 3.41. The normalized spacial score (nSPS) is 10.3. The average Bonchev–Trinajstić information content (AvgIpc) is 2.42. The minimum Gasteiger partial charge on any atom is -0.506 e. The SMILES string of the molecule is CCOc1ccc(NCc2nc(C)ccc2O)c(C)c1. The van der Waals surface area contributed by atoms with Crippen molar-refractivity contribution in [1.82, 2.24) is 4.98 Å². The molecule has 0 aliphatic rings. The summed E-state index contributed by atoms with van der Waals surface area (Å²) in [6.07, 6.45) is 0. The number of rotatable bonds is 5. The van der Waals surface area contributed by atoms with Crippen molar-refractivity contribution in [2.75, 3.05) is 11.9 Å². The smallest absolute Gasteiger partial charge is 0.138 e. The Kier molecular flexibility index (Phi) is 4.45. The lowest BCUT2D eigenvalue weighted by Crippen LogP contribution is -2.04. The summed E-state index contributed by atoms with van der Waals surface area (Å²) in [5.41, 5.74) is 3.65. The number of benzene rings is 1. The van der Waals surface area contributed by atoms with Crippen molar-refractivity contribution < 1.29 is 9.84 Å². The number of anilines is 1. The highest BCUT2D eigenvalue weighted by Crippen LogP contribution is 2.23. The van der Waals surface area contributed by atoms with Gasteiger partial charge in [-0.05, 0) is 56.7 Å². The standard InChI is InChI=1S/C16H20N2O2/c1-4-20-13-6-7-14(11(2)9-13)17-10-15-16(19)8-5-12(3)18-15/h5-9,17,19H,4,10H2,1-3H3. The molecule has 0 unspecified atom stereocenters. The van der Waals surface area contributed by atoms with Crippen molar-refractivity contribution in [3.05, 3.63) is 47.3 Å². The van der Waals surface area contributed by atoms with Crippen LogP contribution in [-0.4, -0.2) is 16.7 Å². The molecule has 0 saturated heterocycles. The molecule has 0 fully saturated rings. The van der Waals surface area contributed by atoms with E-state index in [-0.39, 0.29) is 5.75 Å². The molecule has 0 radical (unpaired) electrons. The molecule has 0 amide bonds. The first kappa shape index (κ1) is 14.2. The fourth-order valence-electron chi connectivity index (χ4n) is 2.00. The molecular weight excluding hydrogens is 252 g/mol. The zero-order valence-electron chi connectivity index (χ0n) is 12.1. The molecule has 106 valence electrons. The number of pyridine rings is 1. The minimum atomic E-state index is 0.215. The van der Waals surface area contributed by atoms with E-state index in [2.05, 4.69) is 10.3 Å². The van der Waals surface area contributed by atoms with E-state index >= 15 is 0 Å². The zero-order valence-corrected chi connectivity index (χ0v) is 12.1. The molecule has 2 aromatic rings. The number of aryl methyl sites for hydroxylation is 2. The Morgan fingerprint density at radius 3 is 2.70 bits per heavy atom. The zero-order chi connectivity index (χ0) is 14.5. The number of hydrogen-bond acceptors (Lipinski definition) is 4. The molecule has 1 aromatic carbocycles. The van der Waals surface area contributed by atoms with Crippen LogP contribution in [0.15, 0.2) is 30.3 Å². The average molecular weight is 272 g/mol. The van der Waals surface area contributed by atoms with Crippen LogP contribution in [0.1, 0.15) is 23.9 Å². The van der Waals surface area contributed by atoms with Gasteiger partial charge in [0.05, 0.1) is 13.2 Å². The highest BCUT2D eigenvalue weighted by atomic mass is 16.5. The number of nitrogens with zero attached hydrogens (tertiary/aromatic N) is 1. The number of ether oxygens (including phenoxy) is 1. The fraction of sp³-hybridized carbons (Fsp3) is 0.312. The molecule has 4 heteroatoms. The summed E-state index contributed by atoms with van der Waals surface area (Å²) in [5.74, 6) is 1.08. The summed E-state index contributed by atoms with van der Waals surface area (Å²) in [4.78, 5) is 4.33. The van der Waals surface area contributed by atoms with Crippen molar-refractivity contribution in [2.24, 2.45) is 0 Å². The topological polar surface area (TPSA) is 54.4 Å². The summed E-state index contributed by atoms with van der Waals surface area (Å²) >= 11 is 0. The Morgan fingerprint density at radius 1 is 1.20 bits per heavy atom. The first-order chi connectivity index (χ1) is 9.60. The van der Waals surface area contributed by atoms with Gasteiger partial charge in [0.25, 0.3) is 0 Å². The van der Waals surface area contributed by atoms with Gasteiger partial charge in [0.15, 0.2) is 0 Å². The summed E-state index contributed by atoms with van der Waals surface area (Å²) < 4.78 is 5.46. The van der Waals surface area contributed by atoms with Crippen LogP contribution in [0.2, 0.25) is 0 Å². The van der Waals surface area contributed by atoms with E-state index in [9.17, 15) is 5.11 Å². The van der Waals surface area contributed by atoms with Crippen LogP contribution in [0.4, 0.5) is 5.69 Å². The van der Waals surface area contributed by atoms with E-state index in [1.807, 2.05) is 39.0 Å². The monoisotopic (exact) mass is 272 g/mol. The maximum atomic E-state index is 9.77. The lowest BCUT2D eigenvalue weighted by Gasteiger charge is -2.12. The summed E-state index contributed by atoms with van der Waals surface area (Å²) in [7, 11) is 0. The first-order valence-corrected chi connectivity index (χ1v) is 6.73. The van der Waals surface area contributed by atoms with Gasteiger partial charge < -0.3 is 15.2 Å². The van der Waals surface area contributed by atoms with Crippen LogP contribution >= 0.6 is 0 Å². The van der Waals surface area contributed by atoms with Gasteiger partial charge in [-0.25, -0.2) is 0 Å². The van der Waals surface area contributed by atoms with E-state index in [1.54, 1.807) is 12.1 Å². The fourth-order valence-corrected chi connectivity index (χ4v) is 2.00. The van der Waals surface area contributed by atoms with E-state index in [1.165, 1.54) is 0 Å². The summed E-state index contributed by atoms with van der Waals surface area (Å²) in [6.45, 7) is 7.04. The second-order valence-corrected chi connectivity index (χ2v) is 4.68. The van der Waals surface area contributed by atoms with Crippen molar-refractivity contribution >= 4 is 5.69 Å². The Bertz CT molecular complexity index is 597. The Morgan fingerprint density at radius 2 is 2.00 bits per heavy atom. The van der Waals surface area contributed by atoms with Crippen LogP contribution in [0, 0.1) is 13.8 Å². The molecule has 2 rings (SSSR count). The van der Waals surface area contributed by atoms with E-state index in [0.29, 0.717) is 18.8 Å². The van der Waals surface area contributed by atoms with Crippen LogP contribution in [0.5, 0.6) is 11.5 Å². The van der Waals surface area contributed by atoms with Crippen LogP contribution in [0.3, 0.4) is 0 Å². The second-order valence-electron chi connectivity index (χ2n) is 4.68. The predicted molar refractivity (Wildman–Crippen MR) is 80.3 cm³/mol. The van der Waals surface area contributed by atoms with E-state index in [0.717, 1.165) is 22.7 Å². The summed E-state index contributed by atoms with van der Waals surface area (Å²) in [6, 6.07) is 9.37. The third-order valence-corrected chi connectivity index (χ3v) is 3.04. The third-order valence-electron chi connectivity index (χ3n) is 3.04. The molecule has 0 aliphatic heterocycles. The summed E-state index contributed by atoms with van der Waals surface area (Å²) in [5, 5.41) is 13.1. The maximum absolute atomic E-state index is 9.77. The van der Waals surface area contributed by atoms with E-state index in [4.69, 9.17) is 4.74 Å². The van der Waals surface area contributed by atoms with Gasteiger partial charge in [-0.3, -0.25) is 4.98 Å². The largest absolute Gasteiger partial charge is 0.506 e. The van der Waals surface area contributed by atoms with Crippen LogP contribution < -0.4 is 10.1 Å². The van der Waals surface area contributed by atoms with Crippen molar-refractivity contribution in [3.8, 4) is 11.5 Å². The molecule has 4 nitrogen and oxygen atoms in total. The Hall–Kier alpha value is -2.23. The van der Waals surface area contributed by atoms with Crippen molar-refractivity contribution in [2.45, 2.75) is 27.3 Å². The van der Waals surface area contributed by atoms with Gasteiger partial charge in [0, 0.05) is 11.4 Å². The van der Waals surface area contributed by atoms with Gasteiger partial charge in [0.1, 0.15) is 17.2 Å². The molecule has 0 saturated carbocycles. The molecular formula is C16H20N2O2. The van der Waals surface area contributed by atoms with E-state index < -0.39 is 0 Å². The van der Waals surface area contributed by atoms with Crippen molar-refractivity contribution in [3.63, 3.8) is 0 Å². The minimum absolute atomic E-state index is 0.215. The molecule has 2 N–H and O–H groups in total. The third kappa shape index (κ3) is 3.41. The Labute approximate surface area is 119 Å². The number of nitrogens with one attached hydrogen (secondary N) is 1. The molecule has 0 atom stereocenters. The van der Waals surface area contributed by atoms with Crippen molar-refractivity contribution in [1.29, 1.82) is 0 Å². The number of hydrogen-bond donors (Lipinski definition) is 2. The van der Waals surface area contributed by atoms with Gasteiger partial charge >= 0.3 is 0 Å². The molecule has 20 heavy (non-hydrogen) atoms. The van der Waals surface area contributed by atoms with Crippen LogP contribution in [0.25, 0.3) is 0 Å². The van der Waals surface area contributed by atoms with Crippen LogP contribution in [-0.2, 0) is 6.54 Å². The highest BCUT2D eigenvalue weighted by molar-refractivity contribution is 5.54. The van der Waals surface area contributed by atoms with Gasteiger partial charge in [0.2, 0.25) is 0 Å². The van der Waals surface area contributed by atoms with Gasteiger partial charge in [-0.2, -0.15) is 0 Å². The maximum Gasteiger partial charge on any atom is 0.138 e. The quantitative estimate of drug-likeness (QED) is 0.875. The lowest BCUT2D eigenvalue weighted by atomic mass is 10.2. The molecule has 0 spiro atoms. The molecule has 0 aliphatic carbocycles. The Balaban J connectivity index is 2.09. The second kappa shape index (κ2) is 6.28. The molecule has 1 aromatic heterocycles. The number of aromatic hydroxyl groups is 1. The lowest BCUT2D eigenvalue weighted by molar-refractivity contribution is 0.340. The highest BCUT2D eigenvalue weighted by Gasteiger charge is 2.05. The first-order valence-electron chi connectivity index (χ1n) is 6.73. The van der Waals surface area contributed by atoms with Gasteiger partial charge in [-0.15, -0.1) is 0 Å².